The van der Waals surface area contributed by atoms with Gasteiger partial charge < -0.3 is 5.32 Å². The summed E-state index contributed by atoms with van der Waals surface area (Å²) in [5, 5.41) is 2.52. The van der Waals surface area contributed by atoms with Gasteiger partial charge in [-0.05, 0) is 66.7 Å². The van der Waals surface area contributed by atoms with Gasteiger partial charge >= 0.3 is 6.18 Å². The molecule has 4 aromatic carbocycles. The minimum Gasteiger partial charge on any atom is -0.325 e. The highest BCUT2D eigenvalue weighted by molar-refractivity contribution is 7.92. The van der Waals surface area contributed by atoms with Crippen molar-refractivity contribution in [2.75, 3.05) is 29.7 Å². The van der Waals surface area contributed by atoms with Crippen molar-refractivity contribution in [2.45, 2.75) is 26.9 Å². The van der Waals surface area contributed by atoms with Crippen molar-refractivity contribution in [1.82, 2.24) is 8.61 Å². The lowest BCUT2D eigenvalue weighted by Crippen LogP contribution is -2.60. The molecule has 0 spiro atoms. The maximum atomic E-state index is 13.6. The Bertz CT molecular complexity index is 2080. The fourth-order valence-corrected chi connectivity index (χ4v) is 8.95. The Hall–Kier alpha value is -4.29. The maximum absolute atomic E-state index is 13.6. The van der Waals surface area contributed by atoms with Crippen molar-refractivity contribution in [1.29, 1.82) is 0 Å². The second-order valence-electron chi connectivity index (χ2n) is 10.3. The van der Waals surface area contributed by atoms with E-state index in [1.54, 1.807) is 12.1 Å². The number of sulfonamides is 3. The molecule has 248 valence electrons. The molecule has 0 saturated carbocycles. The van der Waals surface area contributed by atoms with Crippen LogP contribution >= 0.6 is 0 Å². The monoisotopic (exact) mass is 708 g/mol. The molecule has 47 heavy (non-hydrogen) atoms. The number of piperazine rings is 1. The third-order valence-electron chi connectivity index (χ3n) is 7.20. The standard InChI is InChI=1S/C30H27F3N4O7S3/c31-30(32,33)22-8-7-9-24(20-22)35-45(39,40)25-16-14-23(15-17-25)34-29(38)28-21-36(46(41,42)26-10-3-1-4-11-26)18-19-37(28)47(43,44)27-12-5-2-6-13-27/h1-17,20,28,35H,18-19,21H2,(H,34,38)/t28-/m1/s1. The molecule has 5 rings (SSSR count). The van der Waals surface area contributed by atoms with Gasteiger partial charge in [-0.15, -0.1) is 0 Å². The highest BCUT2D eigenvalue weighted by Gasteiger charge is 2.43. The first kappa shape index (κ1) is 34.1. The van der Waals surface area contributed by atoms with Crippen molar-refractivity contribution in [3.05, 3.63) is 115 Å². The lowest BCUT2D eigenvalue weighted by molar-refractivity contribution is -0.137. The molecule has 0 unspecified atom stereocenters. The summed E-state index contributed by atoms with van der Waals surface area (Å²) in [6, 6.07) is 21.5. The van der Waals surface area contributed by atoms with E-state index in [4.69, 9.17) is 0 Å². The Morgan fingerprint density at radius 1 is 0.660 bits per heavy atom. The van der Waals surface area contributed by atoms with Crippen LogP contribution in [0.15, 0.2) is 124 Å². The average molecular weight is 709 g/mol. The van der Waals surface area contributed by atoms with Gasteiger partial charge in [0.2, 0.25) is 26.0 Å². The predicted octanol–water partition coefficient (Wildman–Crippen LogP) is 4.21. The summed E-state index contributed by atoms with van der Waals surface area (Å²) in [5.41, 5.74) is -1.31. The van der Waals surface area contributed by atoms with E-state index >= 15 is 0 Å². The number of alkyl halides is 3. The van der Waals surface area contributed by atoms with E-state index in [2.05, 4.69) is 10.0 Å². The van der Waals surface area contributed by atoms with Crippen LogP contribution in [0.5, 0.6) is 0 Å². The molecular weight excluding hydrogens is 682 g/mol. The number of nitrogens with one attached hydrogen (secondary N) is 2. The lowest BCUT2D eigenvalue weighted by Gasteiger charge is -2.38. The molecule has 1 heterocycles. The molecule has 1 fully saturated rings. The highest BCUT2D eigenvalue weighted by atomic mass is 32.2. The van der Waals surface area contributed by atoms with Crippen molar-refractivity contribution in [3.63, 3.8) is 0 Å². The molecule has 4 aromatic rings. The van der Waals surface area contributed by atoms with Gasteiger partial charge in [-0.25, -0.2) is 25.3 Å². The zero-order valence-corrected chi connectivity index (χ0v) is 26.7. The number of hydrogen-bond acceptors (Lipinski definition) is 7. The van der Waals surface area contributed by atoms with Crippen LogP contribution in [0.1, 0.15) is 5.56 Å². The molecule has 1 aliphatic rings. The average Bonchev–Trinajstić information content (AvgIpc) is 3.05. The number of hydrogen-bond donors (Lipinski definition) is 2. The molecule has 0 radical (unpaired) electrons. The van der Waals surface area contributed by atoms with E-state index in [0.29, 0.717) is 6.07 Å². The Balaban J connectivity index is 1.39. The van der Waals surface area contributed by atoms with Crippen molar-refractivity contribution in [2.24, 2.45) is 0 Å². The van der Waals surface area contributed by atoms with Crippen LogP contribution in [-0.2, 0) is 41.0 Å². The third-order valence-corrected chi connectivity index (χ3v) is 12.4. The Morgan fingerprint density at radius 2 is 1.23 bits per heavy atom. The first-order valence-corrected chi connectivity index (χ1v) is 18.2. The van der Waals surface area contributed by atoms with Crippen LogP contribution in [-0.4, -0.2) is 65.4 Å². The topological polar surface area (TPSA) is 150 Å². The second-order valence-corrected chi connectivity index (χ2v) is 15.8. The zero-order valence-electron chi connectivity index (χ0n) is 24.2. The summed E-state index contributed by atoms with van der Waals surface area (Å²) in [5.74, 6) is -0.879. The summed E-state index contributed by atoms with van der Waals surface area (Å²) in [6.45, 7) is -1.07. The number of nitrogens with zero attached hydrogens (tertiary/aromatic N) is 2. The van der Waals surface area contributed by atoms with Crippen LogP contribution < -0.4 is 10.0 Å². The molecule has 1 amide bonds. The molecule has 2 N–H and O–H groups in total. The number of anilines is 2. The lowest BCUT2D eigenvalue weighted by atomic mass is 10.2. The van der Waals surface area contributed by atoms with Crippen molar-refractivity contribution < 1.29 is 43.2 Å². The van der Waals surface area contributed by atoms with Crippen molar-refractivity contribution in [3.8, 4) is 0 Å². The quantitative estimate of drug-likeness (QED) is 0.265. The van der Waals surface area contributed by atoms with Gasteiger partial charge in [0.05, 0.1) is 20.2 Å². The summed E-state index contributed by atoms with van der Waals surface area (Å²) >= 11 is 0. The minimum atomic E-state index is -4.68. The first-order chi connectivity index (χ1) is 22.1. The number of halogens is 3. The van der Waals surface area contributed by atoms with E-state index in [1.165, 1.54) is 60.7 Å². The van der Waals surface area contributed by atoms with Gasteiger partial charge in [0.15, 0.2) is 0 Å². The van der Waals surface area contributed by atoms with E-state index < -0.39 is 60.3 Å². The van der Waals surface area contributed by atoms with Crippen molar-refractivity contribution >= 4 is 47.4 Å². The Kier molecular flexibility index (Phi) is 9.47. The van der Waals surface area contributed by atoms with Gasteiger partial charge in [-0.3, -0.25) is 9.52 Å². The summed E-state index contributed by atoms with van der Waals surface area (Å²) in [4.78, 5) is 13.2. The van der Waals surface area contributed by atoms with Crippen LogP contribution in [0, 0.1) is 0 Å². The second kappa shape index (κ2) is 13.1. The summed E-state index contributed by atoms with van der Waals surface area (Å²) < 4.78 is 123. The first-order valence-electron chi connectivity index (χ1n) is 13.8. The molecule has 0 bridgehead atoms. The number of carbonyl (C=O) groups excluding carboxylic acids is 1. The Morgan fingerprint density at radius 3 is 1.81 bits per heavy atom. The molecule has 1 aliphatic heterocycles. The van der Waals surface area contributed by atoms with E-state index in [1.807, 2.05) is 0 Å². The number of benzene rings is 4. The molecule has 11 nitrogen and oxygen atoms in total. The predicted molar refractivity (Wildman–Crippen MR) is 167 cm³/mol. The number of carbonyl (C=O) groups is 1. The SMILES string of the molecule is O=C(Nc1ccc(S(=O)(=O)Nc2cccc(C(F)(F)F)c2)cc1)[C@H]1CN(S(=O)(=O)c2ccccc2)CCN1S(=O)(=O)c1ccccc1. The zero-order chi connectivity index (χ0) is 34.0. The van der Waals surface area contributed by atoms with Crippen LogP contribution in [0.4, 0.5) is 24.5 Å². The largest absolute Gasteiger partial charge is 0.416 e. The summed E-state index contributed by atoms with van der Waals surface area (Å²) in [6.07, 6.45) is -4.68. The van der Waals surface area contributed by atoms with Gasteiger partial charge in [-0.2, -0.15) is 21.8 Å². The molecule has 0 aromatic heterocycles. The molecule has 1 saturated heterocycles. The van der Waals surface area contributed by atoms with Gasteiger partial charge in [0.25, 0.3) is 10.0 Å². The highest BCUT2D eigenvalue weighted by Crippen LogP contribution is 2.31. The van der Waals surface area contributed by atoms with E-state index in [-0.39, 0.29) is 39.2 Å². The van der Waals surface area contributed by atoms with Gasteiger partial charge in [0, 0.05) is 31.0 Å². The van der Waals surface area contributed by atoms with Crippen LogP contribution in [0.2, 0.25) is 0 Å². The number of rotatable bonds is 9. The van der Waals surface area contributed by atoms with Gasteiger partial charge in [-0.1, -0.05) is 42.5 Å². The fraction of sp³-hybridized carbons (Fsp3) is 0.167. The molecule has 0 aliphatic carbocycles. The normalized spacial score (nSPS) is 16.8. The smallest absolute Gasteiger partial charge is 0.325 e. The van der Waals surface area contributed by atoms with Gasteiger partial charge in [0.1, 0.15) is 6.04 Å². The Labute approximate surface area is 269 Å². The van der Waals surface area contributed by atoms with E-state index in [0.717, 1.165) is 38.9 Å². The van der Waals surface area contributed by atoms with Crippen LogP contribution in [0.25, 0.3) is 0 Å². The molecule has 1 atom stereocenters. The van der Waals surface area contributed by atoms with E-state index in [9.17, 15) is 43.2 Å². The van der Waals surface area contributed by atoms with Crippen LogP contribution in [0.3, 0.4) is 0 Å². The molecular formula is C30H27F3N4O7S3. The third kappa shape index (κ3) is 7.49. The number of amides is 1. The minimum absolute atomic E-state index is 0.0333. The summed E-state index contributed by atoms with van der Waals surface area (Å²) in [7, 11) is -12.7. The molecule has 17 heteroatoms. The fourth-order valence-electron chi connectivity index (χ4n) is 4.85. The maximum Gasteiger partial charge on any atom is 0.416 e.